The quantitative estimate of drug-likeness (QED) is 0.793. The molecule has 1 N–H and O–H groups in total. The second-order valence-electron chi connectivity index (χ2n) is 6.15. The minimum absolute atomic E-state index is 0.113. The lowest BCUT2D eigenvalue weighted by atomic mass is 10.1. The van der Waals surface area contributed by atoms with Crippen molar-refractivity contribution >= 4 is 16.0 Å². The highest BCUT2D eigenvalue weighted by Gasteiger charge is 2.37. The third-order valence-corrected chi connectivity index (χ3v) is 6.68. The van der Waals surface area contributed by atoms with E-state index in [2.05, 4.69) is 10.3 Å². The van der Waals surface area contributed by atoms with E-state index in [1.165, 1.54) is 17.5 Å². The number of nitrogens with zero attached hydrogens (tertiary/aromatic N) is 3. The van der Waals surface area contributed by atoms with Gasteiger partial charge in [-0.2, -0.15) is 4.31 Å². The van der Waals surface area contributed by atoms with Crippen LogP contribution >= 0.6 is 0 Å². The van der Waals surface area contributed by atoms with Crippen molar-refractivity contribution in [2.75, 3.05) is 26.7 Å². The highest BCUT2D eigenvalue weighted by atomic mass is 32.2. The number of methoxy groups -OCH3 is 1. The molecular formula is C17H22N4O4S. The van der Waals surface area contributed by atoms with E-state index in [1.807, 2.05) is 11.6 Å². The van der Waals surface area contributed by atoms with Crippen LogP contribution in [-0.2, 0) is 21.8 Å². The molecule has 1 aliphatic rings. The Balaban J connectivity index is 2.07. The normalized spacial score (nSPS) is 18.7. The Labute approximate surface area is 152 Å². The number of esters is 1. The number of ether oxygens (including phenoxy) is 1. The highest BCUT2D eigenvalue weighted by Crippen LogP contribution is 2.30. The Hall–Kier alpha value is -2.23. The topological polar surface area (TPSA) is 93.5 Å². The SMILES string of the molecule is COC(=O)c1cccc(S(=O)(=O)N2CCNCC2c2nccn2C)c1C. The van der Waals surface area contributed by atoms with Gasteiger partial charge in [0.2, 0.25) is 10.0 Å². The first-order valence-corrected chi connectivity index (χ1v) is 9.69. The number of aryl methyl sites for hydroxylation is 1. The van der Waals surface area contributed by atoms with Crippen molar-refractivity contribution in [3.63, 3.8) is 0 Å². The minimum atomic E-state index is -3.82. The lowest BCUT2D eigenvalue weighted by Gasteiger charge is -2.35. The summed E-state index contributed by atoms with van der Waals surface area (Å²) in [5, 5.41) is 3.22. The predicted octanol–water partition coefficient (Wildman–Crippen LogP) is 0.850. The molecule has 140 valence electrons. The Kier molecular flexibility index (Phi) is 5.12. The Morgan fingerprint density at radius 3 is 2.81 bits per heavy atom. The van der Waals surface area contributed by atoms with Crippen molar-refractivity contribution in [1.29, 1.82) is 0 Å². The van der Waals surface area contributed by atoms with Gasteiger partial charge in [-0.3, -0.25) is 0 Å². The fraction of sp³-hybridized carbons (Fsp3) is 0.412. The van der Waals surface area contributed by atoms with Crippen molar-refractivity contribution in [2.45, 2.75) is 17.9 Å². The standard InChI is InChI=1S/C17H22N4O4S/c1-12-13(17(22)25-3)5-4-6-15(12)26(23,24)21-10-7-18-11-14(21)16-19-8-9-20(16)2/h4-6,8-9,14,18H,7,10-11H2,1-3H3. The zero-order valence-electron chi connectivity index (χ0n) is 15.0. The van der Waals surface area contributed by atoms with Crippen LogP contribution in [0.15, 0.2) is 35.5 Å². The molecule has 0 saturated carbocycles. The van der Waals surface area contributed by atoms with Crippen LogP contribution in [0.4, 0.5) is 0 Å². The van der Waals surface area contributed by atoms with Gasteiger partial charge in [0.15, 0.2) is 0 Å². The summed E-state index contributed by atoms with van der Waals surface area (Å²) in [7, 11) is -0.704. The van der Waals surface area contributed by atoms with Crippen LogP contribution in [0.25, 0.3) is 0 Å². The second-order valence-corrected chi connectivity index (χ2v) is 8.01. The van der Waals surface area contributed by atoms with Gasteiger partial charge in [-0.25, -0.2) is 18.2 Å². The molecule has 1 aliphatic heterocycles. The van der Waals surface area contributed by atoms with Crippen molar-refractivity contribution in [3.05, 3.63) is 47.5 Å². The number of aromatic nitrogens is 2. The van der Waals surface area contributed by atoms with Crippen LogP contribution in [0, 0.1) is 6.92 Å². The fourth-order valence-electron chi connectivity index (χ4n) is 3.24. The van der Waals surface area contributed by atoms with Crippen LogP contribution < -0.4 is 5.32 Å². The van der Waals surface area contributed by atoms with E-state index in [0.717, 1.165) is 0 Å². The maximum absolute atomic E-state index is 13.4. The van der Waals surface area contributed by atoms with Gasteiger partial charge in [0.1, 0.15) is 5.82 Å². The third-order valence-electron chi connectivity index (χ3n) is 4.63. The molecule has 1 aromatic heterocycles. The van der Waals surface area contributed by atoms with E-state index >= 15 is 0 Å². The average molecular weight is 378 g/mol. The summed E-state index contributed by atoms with van der Waals surface area (Å²) in [5.41, 5.74) is 0.633. The number of hydrogen-bond donors (Lipinski definition) is 1. The zero-order chi connectivity index (χ0) is 18.9. The van der Waals surface area contributed by atoms with Gasteiger partial charge in [-0.05, 0) is 24.6 Å². The molecule has 1 atom stereocenters. The molecule has 2 aromatic rings. The van der Waals surface area contributed by atoms with Crippen LogP contribution in [0.1, 0.15) is 27.8 Å². The summed E-state index contributed by atoms with van der Waals surface area (Å²) >= 11 is 0. The van der Waals surface area contributed by atoms with E-state index in [4.69, 9.17) is 4.74 Å². The molecule has 1 fully saturated rings. The van der Waals surface area contributed by atoms with Crippen LogP contribution in [0.3, 0.4) is 0 Å². The molecule has 26 heavy (non-hydrogen) atoms. The van der Waals surface area contributed by atoms with E-state index in [1.54, 1.807) is 31.5 Å². The van der Waals surface area contributed by atoms with Gasteiger partial charge < -0.3 is 14.6 Å². The fourth-order valence-corrected chi connectivity index (χ4v) is 5.08. The molecule has 3 rings (SSSR count). The summed E-state index contributed by atoms with van der Waals surface area (Å²) in [5.74, 6) is 0.114. The Morgan fingerprint density at radius 1 is 1.38 bits per heavy atom. The van der Waals surface area contributed by atoms with Crippen LogP contribution in [-0.4, -0.2) is 55.0 Å². The van der Waals surface area contributed by atoms with E-state index < -0.39 is 22.0 Å². The van der Waals surface area contributed by atoms with E-state index in [0.29, 0.717) is 31.0 Å². The first kappa shape index (κ1) is 18.6. The van der Waals surface area contributed by atoms with Crippen LogP contribution in [0.2, 0.25) is 0 Å². The molecule has 1 unspecified atom stereocenters. The summed E-state index contributed by atoms with van der Waals surface area (Å²) < 4.78 is 34.8. The van der Waals surface area contributed by atoms with Gasteiger partial charge in [0.05, 0.1) is 23.6 Å². The maximum atomic E-state index is 13.4. The molecule has 0 amide bonds. The summed E-state index contributed by atoms with van der Waals surface area (Å²) in [6.45, 7) is 2.97. The van der Waals surface area contributed by atoms with Gasteiger partial charge in [-0.15, -0.1) is 0 Å². The Bertz CT molecular complexity index is 923. The van der Waals surface area contributed by atoms with Crippen molar-refractivity contribution in [1.82, 2.24) is 19.2 Å². The predicted molar refractivity (Wildman–Crippen MR) is 95.2 cm³/mol. The van der Waals surface area contributed by atoms with E-state index in [-0.39, 0.29) is 10.5 Å². The zero-order valence-corrected chi connectivity index (χ0v) is 15.8. The number of sulfonamides is 1. The largest absolute Gasteiger partial charge is 0.465 e. The Morgan fingerprint density at radius 2 is 2.15 bits per heavy atom. The number of nitrogens with one attached hydrogen (secondary N) is 1. The smallest absolute Gasteiger partial charge is 0.338 e. The molecule has 0 bridgehead atoms. The third kappa shape index (κ3) is 3.13. The van der Waals surface area contributed by atoms with Gasteiger partial charge in [0, 0.05) is 39.1 Å². The van der Waals surface area contributed by atoms with Crippen molar-refractivity contribution in [3.8, 4) is 0 Å². The maximum Gasteiger partial charge on any atom is 0.338 e. The molecule has 8 nitrogen and oxygen atoms in total. The number of carbonyl (C=O) groups excluding carboxylic acids is 1. The molecule has 0 radical (unpaired) electrons. The first-order chi connectivity index (χ1) is 12.4. The van der Waals surface area contributed by atoms with Crippen molar-refractivity contribution < 1.29 is 17.9 Å². The summed E-state index contributed by atoms with van der Waals surface area (Å²) in [6, 6.07) is 4.22. The molecule has 0 aliphatic carbocycles. The van der Waals surface area contributed by atoms with Gasteiger partial charge in [0.25, 0.3) is 0 Å². The minimum Gasteiger partial charge on any atom is -0.465 e. The first-order valence-electron chi connectivity index (χ1n) is 8.25. The number of benzene rings is 1. The summed E-state index contributed by atoms with van der Waals surface area (Å²) in [4.78, 5) is 16.4. The molecule has 0 spiro atoms. The number of rotatable bonds is 4. The average Bonchev–Trinajstić information content (AvgIpc) is 3.07. The van der Waals surface area contributed by atoms with Gasteiger partial charge >= 0.3 is 5.97 Å². The summed E-state index contributed by atoms with van der Waals surface area (Å²) in [6.07, 6.45) is 3.44. The lowest BCUT2D eigenvalue weighted by molar-refractivity contribution is 0.0599. The second kappa shape index (κ2) is 7.18. The molecule has 1 saturated heterocycles. The molecule has 2 heterocycles. The molecule has 9 heteroatoms. The van der Waals surface area contributed by atoms with E-state index in [9.17, 15) is 13.2 Å². The van der Waals surface area contributed by atoms with Crippen molar-refractivity contribution in [2.24, 2.45) is 7.05 Å². The molecular weight excluding hydrogens is 356 g/mol. The van der Waals surface area contributed by atoms with Gasteiger partial charge in [-0.1, -0.05) is 6.07 Å². The number of carbonyl (C=O) groups is 1. The molecule has 1 aromatic carbocycles. The van der Waals surface area contributed by atoms with Crippen LogP contribution in [0.5, 0.6) is 0 Å². The highest BCUT2D eigenvalue weighted by molar-refractivity contribution is 7.89. The number of piperazine rings is 1. The monoisotopic (exact) mass is 378 g/mol. The lowest BCUT2D eigenvalue weighted by Crippen LogP contribution is -2.49. The number of hydrogen-bond acceptors (Lipinski definition) is 6. The number of imidazole rings is 1.